The maximum absolute atomic E-state index is 4.35. The van der Waals surface area contributed by atoms with Crippen molar-refractivity contribution in [3.05, 3.63) is 47.8 Å². The van der Waals surface area contributed by atoms with Crippen LogP contribution in [-0.2, 0) is 0 Å². The lowest BCUT2D eigenvalue weighted by Gasteiger charge is -1.95. The second kappa shape index (κ2) is 3.58. The van der Waals surface area contributed by atoms with Gasteiger partial charge in [0.2, 0.25) is 5.69 Å². The van der Waals surface area contributed by atoms with Crippen molar-refractivity contribution in [1.29, 1.82) is 0 Å². The number of aromatic amines is 1. The molecular weight excluding hydrogens is 172 g/mol. The van der Waals surface area contributed by atoms with E-state index < -0.39 is 0 Å². The zero-order chi connectivity index (χ0) is 9.97. The Balaban J connectivity index is 2.40. The predicted octanol–water partition coefficient (Wildman–Crippen LogP) is 2.18. The van der Waals surface area contributed by atoms with Crippen molar-refractivity contribution < 1.29 is 4.98 Å². The van der Waals surface area contributed by atoms with Crippen molar-refractivity contribution >= 4 is 0 Å². The highest BCUT2D eigenvalue weighted by atomic mass is 14.8. The topological polar surface area (TPSA) is 27.0 Å². The van der Waals surface area contributed by atoms with E-state index in [4.69, 9.17) is 0 Å². The Morgan fingerprint density at radius 3 is 2.36 bits per heavy atom. The molecule has 2 aromatic rings. The maximum Gasteiger partial charge on any atom is 0.229 e. The van der Waals surface area contributed by atoms with Gasteiger partial charge >= 0.3 is 0 Å². The summed E-state index contributed by atoms with van der Waals surface area (Å²) in [6.45, 7) is 4.10. The molecule has 0 aliphatic heterocycles. The zero-order valence-corrected chi connectivity index (χ0v) is 8.41. The third-order valence-electron chi connectivity index (χ3n) is 2.16. The molecule has 0 bridgehead atoms. The first-order chi connectivity index (χ1) is 6.75. The van der Waals surface area contributed by atoms with Crippen LogP contribution in [0.3, 0.4) is 0 Å². The molecule has 1 N–H and O–H groups in total. The van der Waals surface area contributed by atoms with Gasteiger partial charge in [0.05, 0.1) is 0 Å². The first-order valence-corrected chi connectivity index (χ1v) is 4.67. The molecule has 0 spiro atoms. The van der Waals surface area contributed by atoms with Gasteiger partial charge in [0.1, 0.15) is 5.69 Å². The van der Waals surface area contributed by atoms with Gasteiger partial charge in [0.15, 0.2) is 6.20 Å². The van der Waals surface area contributed by atoms with Crippen LogP contribution in [0.1, 0.15) is 11.1 Å². The summed E-state index contributed by atoms with van der Waals surface area (Å²) in [5, 5.41) is 0. The van der Waals surface area contributed by atoms with E-state index in [-0.39, 0.29) is 0 Å². The van der Waals surface area contributed by atoms with E-state index in [0.717, 1.165) is 11.4 Å². The van der Waals surface area contributed by atoms with E-state index in [9.17, 15) is 0 Å². The van der Waals surface area contributed by atoms with Crippen LogP contribution in [0.25, 0.3) is 11.4 Å². The standard InChI is InChI=1S/C12H12N2/c1-9-3-5-11(13-7-9)12-6-4-10(2)8-14-12/h3-8H,1-2H3/p+1. The fourth-order valence-electron chi connectivity index (χ4n) is 1.29. The molecule has 0 aromatic carbocycles. The highest BCUT2D eigenvalue weighted by Crippen LogP contribution is 2.11. The lowest BCUT2D eigenvalue weighted by atomic mass is 10.2. The highest BCUT2D eigenvalue weighted by Gasteiger charge is 2.04. The van der Waals surface area contributed by atoms with Crippen molar-refractivity contribution in [2.45, 2.75) is 13.8 Å². The quantitative estimate of drug-likeness (QED) is 0.669. The molecule has 0 aliphatic carbocycles. The Hall–Kier alpha value is -1.70. The summed E-state index contributed by atoms with van der Waals surface area (Å²) < 4.78 is 0. The van der Waals surface area contributed by atoms with Crippen molar-refractivity contribution in [2.24, 2.45) is 0 Å². The number of hydrogen-bond acceptors (Lipinski definition) is 1. The molecule has 0 amide bonds. The number of hydrogen-bond donors (Lipinski definition) is 0. The molecule has 2 rings (SSSR count). The van der Waals surface area contributed by atoms with Crippen LogP contribution in [0.15, 0.2) is 36.7 Å². The van der Waals surface area contributed by atoms with Gasteiger partial charge in [-0.1, -0.05) is 6.07 Å². The van der Waals surface area contributed by atoms with Gasteiger partial charge < -0.3 is 0 Å². The first-order valence-electron chi connectivity index (χ1n) is 4.67. The third-order valence-corrected chi connectivity index (χ3v) is 2.16. The average molecular weight is 185 g/mol. The molecule has 0 saturated carbocycles. The number of pyridine rings is 2. The smallest absolute Gasteiger partial charge is 0.229 e. The van der Waals surface area contributed by atoms with Crippen LogP contribution in [-0.4, -0.2) is 4.98 Å². The summed E-state index contributed by atoms with van der Waals surface area (Å²) >= 11 is 0. The minimum absolute atomic E-state index is 0.982. The molecule has 70 valence electrons. The fourth-order valence-corrected chi connectivity index (χ4v) is 1.29. The Kier molecular flexibility index (Phi) is 2.27. The van der Waals surface area contributed by atoms with Crippen LogP contribution in [0.4, 0.5) is 0 Å². The molecule has 0 atom stereocenters. The van der Waals surface area contributed by atoms with Crippen molar-refractivity contribution in [3.8, 4) is 11.4 Å². The number of aromatic nitrogens is 2. The van der Waals surface area contributed by atoms with Gasteiger partial charge in [-0.2, -0.15) is 0 Å². The zero-order valence-electron chi connectivity index (χ0n) is 8.41. The summed E-state index contributed by atoms with van der Waals surface area (Å²) in [5.41, 5.74) is 4.44. The lowest BCUT2D eigenvalue weighted by Crippen LogP contribution is -2.07. The molecule has 14 heavy (non-hydrogen) atoms. The van der Waals surface area contributed by atoms with E-state index in [1.165, 1.54) is 11.1 Å². The molecule has 0 aliphatic rings. The molecule has 0 radical (unpaired) electrons. The second-order valence-corrected chi connectivity index (χ2v) is 3.50. The fraction of sp³-hybridized carbons (Fsp3) is 0.167. The number of nitrogens with zero attached hydrogens (tertiary/aromatic N) is 1. The van der Waals surface area contributed by atoms with Crippen LogP contribution < -0.4 is 4.98 Å². The molecule has 2 heterocycles. The van der Waals surface area contributed by atoms with Crippen molar-refractivity contribution in [3.63, 3.8) is 0 Å². The number of nitrogens with one attached hydrogen (secondary N) is 1. The van der Waals surface area contributed by atoms with E-state index in [2.05, 4.69) is 29.0 Å². The van der Waals surface area contributed by atoms with Crippen molar-refractivity contribution in [1.82, 2.24) is 4.98 Å². The van der Waals surface area contributed by atoms with Crippen LogP contribution in [0.5, 0.6) is 0 Å². The van der Waals surface area contributed by atoms with Gasteiger partial charge in [-0.25, -0.2) is 9.97 Å². The SMILES string of the molecule is Cc1ccc(-c2ccc(C)c[nH+]2)nc1. The Morgan fingerprint density at radius 2 is 1.79 bits per heavy atom. The second-order valence-electron chi connectivity index (χ2n) is 3.50. The maximum atomic E-state index is 4.35. The largest absolute Gasteiger partial charge is 0.250 e. The molecule has 0 unspecified atom stereocenters. The Bertz CT molecular complexity index is 372. The minimum atomic E-state index is 0.982. The van der Waals surface area contributed by atoms with Gasteiger partial charge in [0, 0.05) is 17.8 Å². The Labute approximate surface area is 83.7 Å². The van der Waals surface area contributed by atoms with Crippen molar-refractivity contribution in [2.75, 3.05) is 0 Å². The van der Waals surface area contributed by atoms with E-state index in [0.29, 0.717) is 0 Å². The molecular formula is C12H13N2+. The molecule has 2 aromatic heterocycles. The molecule has 0 fully saturated rings. The first kappa shape index (κ1) is 8.88. The van der Waals surface area contributed by atoms with Gasteiger partial charge in [-0.05, 0) is 31.5 Å². The highest BCUT2D eigenvalue weighted by molar-refractivity contribution is 5.50. The minimum Gasteiger partial charge on any atom is -0.250 e. The predicted molar refractivity (Wildman–Crippen MR) is 55.7 cm³/mol. The summed E-state index contributed by atoms with van der Waals surface area (Å²) in [7, 11) is 0. The van der Waals surface area contributed by atoms with E-state index in [1.54, 1.807) is 0 Å². The summed E-state index contributed by atoms with van der Waals surface area (Å²) in [6, 6.07) is 8.22. The van der Waals surface area contributed by atoms with Gasteiger partial charge in [0.25, 0.3) is 0 Å². The van der Waals surface area contributed by atoms with Crippen LogP contribution in [0, 0.1) is 13.8 Å². The monoisotopic (exact) mass is 185 g/mol. The third kappa shape index (κ3) is 1.79. The number of H-pyrrole nitrogens is 1. The van der Waals surface area contributed by atoms with Crippen LogP contribution >= 0.6 is 0 Å². The number of aryl methyl sites for hydroxylation is 2. The summed E-state index contributed by atoms with van der Waals surface area (Å²) in [4.78, 5) is 7.56. The summed E-state index contributed by atoms with van der Waals surface area (Å²) in [5.74, 6) is 0. The lowest BCUT2D eigenvalue weighted by molar-refractivity contribution is -0.365. The van der Waals surface area contributed by atoms with E-state index in [1.807, 2.05) is 31.5 Å². The summed E-state index contributed by atoms with van der Waals surface area (Å²) in [6.07, 6.45) is 3.86. The number of rotatable bonds is 1. The molecule has 2 heteroatoms. The Morgan fingerprint density at radius 1 is 1.00 bits per heavy atom. The molecule has 0 saturated heterocycles. The van der Waals surface area contributed by atoms with E-state index >= 15 is 0 Å². The van der Waals surface area contributed by atoms with Gasteiger partial charge in [-0.3, -0.25) is 0 Å². The van der Waals surface area contributed by atoms with Crippen LogP contribution in [0.2, 0.25) is 0 Å². The normalized spacial score (nSPS) is 10.1. The van der Waals surface area contributed by atoms with Gasteiger partial charge in [-0.15, -0.1) is 0 Å². The average Bonchev–Trinajstić information content (AvgIpc) is 2.21. The molecule has 2 nitrogen and oxygen atoms in total.